The zero-order valence-electron chi connectivity index (χ0n) is 13.7. The largest absolute Gasteiger partial charge is 0.322 e. The molecule has 1 amide bonds. The molecule has 0 saturated carbocycles. The number of carbonyl (C=O) groups is 1. The molecule has 0 aliphatic carbocycles. The lowest BCUT2D eigenvalue weighted by Gasteiger charge is -2.08. The topological polar surface area (TPSA) is 29.1 Å². The van der Waals surface area contributed by atoms with Crippen LogP contribution in [0.3, 0.4) is 0 Å². The van der Waals surface area contributed by atoms with Crippen LogP contribution in [0.1, 0.15) is 27.0 Å². The molecule has 122 valence electrons. The molecule has 3 heteroatoms. The third-order valence-corrected chi connectivity index (χ3v) is 3.72. The van der Waals surface area contributed by atoms with E-state index in [0.29, 0.717) is 11.3 Å². The minimum atomic E-state index is -0.382. The molecule has 0 atom stereocenters. The highest BCUT2D eigenvalue weighted by Gasteiger charge is 2.08. The van der Waals surface area contributed by atoms with Gasteiger partial charge in [0.15, 0.2) is 0 Å². The number of hydrogen-bond acceptors (Lipinski definition) is 1. The molecule has 0 bridgehead atoms. The van der Waals surface area contributed by atoms with E-state index >= 15 is 0 Å². The smallest absolute Gasteiger partial charge is 0.255 e. The summed E-state index contributed by atoms with van der Waals surface area (Å²) in [6.45, 7) is 1.82. The molecule has 0 aliphatic rings. The van der Waals surface area contributed by atoms with Gasteiger partial charge in [-0.25, -0.2) is 4.39 Å². The van der Waals surface area contributed by atoms with Crippen LogP contribution < -0.4 is 5.32 Å². The number of benzene rings is 3. The predicted molar refractivity (Wildman–Crippen MR) is 98.0 cm³/mol. The molecular formula is C22H16FNO. The summed E-state index contributed by atoms with van der Waals surface area (Å²) in [4.78, 5) is 12.3. The van der Waals surface area contributed by atoms with E-state index in [1.807, 2.05) is 37.3 Å². The fourth-order valence-electron chi connectivity index (χ4n) is 2.29. The number of hydrogen-bond donors (Lipinski definition) is 1. The van der Waals surface area contributed by atoms with Gasteiger partial charge in [0.05, 0.1) is 0 Å². The average Bonchev–Trinajstić information content (AvgIpc) is 2.64. The number of aryl methyl sites for hydroxylation is 1. The summed E-state index contributed by atoms with van der Waals surface area (Å²) in [5.41, 5.74) is 3.53. The predicted octanol–water partition coefficient (Wildman–Crippen LogP) is 4.79. The van der Waals surface area contributed by atoms with Gasteiger partial charge in [0.1, 0.15) is 5.82 Å². The Morgan fingerprint density at radius 1 is 0.880 bits per heavy atom. The van der Waals surface area contributed by atoms with Gasteiger partial charge in [0.2, 0.25) is 0 Å². The summed E-state index contributed by atoms with van der Waals surface area (Å²) in [7, 11) is 0. The zero-order chi connectivity index (χ0) is 17.6. The SMILES string of the molecule is Cc1ccc(F)cc1NC(=O)c1ccc(C#Cc2ccccc2)cc1. The monoisotopic (exact) mass is 329 g/mol. The summed E-state index contributed by atoms with van der Waals surface area (Å²) < 4.78 is 13.3. The molecular weight excluding hydrogens is 313 g/mol. The van der Waals surface area contributed by atoms with Gasteiger partial charge in [-0.2, -0.15) is 0 Å². The fourth-order valence-corrected chi connectivity index (χ4v) is 2.29. The first-order valence-electron chi connectivity index (χ1n) is 7.86. The molecule has 1 N–H and O–H groups in total. The second-order valence-electron chi connectivity index (χ2n) is 5.61. The molecule has 3 rings (SSSR count). The number of halogens is 1. The molecule has 3 aromatic rings. The van der Waals surface area contributed by atoms with Crippen molar-refractivity contribution in [3.8, 4) is 11.8 Å². The molecule has 0 unspecified atom stereocenters. The average molecular weight is 329 g/mol. The molecule has 0 radical (unpaired) electrons. The molecule has 0 fully saturated rings. The summed E-state index contributed by atoms with van der Waals surface area (Å²) in [6, 6.07) is 21.0. The van der Waals surface area contributed by atoms with Crippen molar-refractivity contribution < 1.29 is 9.18 Å². The van der Waals surface area contributed by atoms with Crippen LogP contribution in [0.5, 0.6) is 0 Å². The highest BCUT2D eigenvalue weighted by Crippen LogP contribution is 2.17. The maximum atomic E-state index is 13.3. The Bertz CT molecular complexity index is 951. The molecule has 0 spiro atoms. The summed E-state index contributed by atoms with van der Waals surface area (Å²) >= 11 is 0. The van der Waals surface area contributed by atoms with E-state index in [-0.39, 0.29) is 11.7 Å². The van der Waals surface area contributed by atoms with Crippen molar-refractivity contribution in [2.24, 2.45) is 0 Å². The van der Waals surface area contributed by atoms with Crippen LogP contribution in [0.25, 0.3) is 0 Å². The quantitative estimate of drug-likeness (QED) is 0.673. The van der Waals surface area contributed by atoms with E-state index in [2.05, 4.69) is 17.2 Å². The van der Waals surface area contributed by atoms with E-state index in [1.165, 1.54) is 12.1 Å². The molecule has 3 aromatic carbocycles. The lowest BCUT2D eigenvalue weighted by atomic mass is 10.1. The Labute approximate surface area is 146 Å². The summed E-state index contributed by atoms with van der Waals surface area (Å²) in [5.74, 6) is 5.47. The van der Waals surface area contributed by atoms with Gasteiger partial charge in [-0.3, -0.25) is 4.79 Å². The van der Waals surface area contributed by atoms with Crippen molar-refractivity contribution in [2.75, 3.05) is 5.32 Å². The van der Waals surface area contributed by atoms with Crippen LogP contribution in [0.4, 0.5) is 10.1 Å². The highest BCUT2D eigenvalue weighted by molar-refractivity contribution is 6.04. The number of nitrogens with one attached hydrogen (secondary N) is 1. The Morgan fingerprint density at radius 2 is 1.52 bits per heavy atom. The fraction of sp³-hybridized carbons (Fsp3) is 0.0455. The number of carbonyl (C=O) groups excluding carboxylic acids is 1. The van der Waals surface area contributed by atoms with Crippen molar-refractivity contribution in [2.45, 2.75) is 6.92 Å². The first-order valence-corrected chi connectivity index (χ1v) is 7.86. The lowest BCUT2D eigenvalue weighted by molar-refractivity contribution is 0.102. The second kappa shape index (κ2) is 7.46. The molecule has 2 nitrogen and oxygen atoms in total. The van der Waals surface area contributed by atoms with E-state index in [4.69, 9.17) is 0 Å². The van der Waals surface area contributed by atoms with Crippen molar-refractivity contribution in [3.63, 3.8) is 0 Å². The molecule has 0 aliphatic heterocycles. The molecule has 0 saturated heterocycles. The van der Waals surface area contributed by atoms with E-state index < -0.39 is 0 Å². The van der Waals surface area contributed by atoms with Gasteiger partial charge < -0.3 is 5.32 Å². The van der Waals surface area contributed by atoms with Gasteiger partial charge in [-0.1, -0.05) is 36.1 Å². The van der Waals surface area contributed by atoms with Crippen molar-refractivity contribution in [1.82, 2.24) is 0 Å². The first kappa shape index (κ1) is 16.5. The Hall–Kier alpha value is -3.38. The van der Waals surface area contributed by atoms with Gasteiger partial charge in [0, 0.05) is 22.4 Å². The van der Waals surface area contributed by atoms with Crippen molar-refractivity contribution in [3.05, 3.63) is 101 Å². The summed E-state index contributed by atoms with van der Waals surface area (Å²) in [6.07, 6.45) is 0. The lowest BCUT2D eigenvalue weighted by Crippen LogP contribution is -2.12. The number of anilines is 1. The number of amides is 1. The first-order chi connectivity index (χ1) is 12.1. The Morgan fingerprint density at radius 3 is 2.20 bits per heavy atom. The zero-order valence-corrected chi connectivity index (χ0v) is 13.7. The van der Waals surface area contributed by atoms with Crippen LogP contribution in [0, 0.1) is 24.6 Å². The van der Waals surface area contributed by atoms with Crippen molar-refractivity contribution >= 4 is 11.6 Å². The van der Waals surface area contributed by atoms with Gasteiger partial charge in [-0.15, -0.1) is 0 Å². The third-order valence-electron chi connectivity index (χ3n) is 3.72. The minimum absolute atomic E-state index is 0.281. The van der Waals surface area contributed by atoms with Crippen molar-refractivity contribution in [1.29, 1.82) is 0 Å². The van der Waals surface area contributed by atoms with Crippen LogP contribution in [-0.2, 0) is 0 Å². The standard InChI is InChI=1S/C22H16FNO/c1-16-7-14-20(23)15-21(16)24-22(25)19-12-10-18(11-13-19)9-8-17-5-3-2-4-6-17/h2-7,10-15H,1H3,(H,24,25). The van der Waals surface area contributed by atoms with Crippen LogP contribution in [0.15, 0.2) is 72.8 Å². The molecule has 0 aromatic heterocycles. The summed E-state index contributed by atoms with van der Waals surface area (Å²) in [5, 5.41) is 2.73. The van der Waals surface area contributed by atoms with Crippen LogP contribution >= 0.6 is 0 Å². The third kappa shape index (κ3) is 4.33. The minimum Gasteiger partial charge on any atom is -0.322 e. The van der Waals surface area contributed by atoms with Crippen LogP contribution in [-0.4, -0.2) is 5.91 Å². The van der Waals surface area contributed by atoms with Gasteiger partial charge in [-0.05, 0) is 61.0 Å². The van der Waals surface area contributed by atoms with E-state index in [9.17, 15) is 9.18 Å². The maximum Gasteiger partial charge on any atom is 0.255 e. The second-order valence-corrected chi connectivity index (χ2v) is 5.61. The van der Waals surface area contributed by atoms with E-state index in [0.717, 1.165) is 16.7 Å². The molecule has 0 heterocycles. The van der Waals surface area contributed by atoms with Crippen LogP contribution in [0.2, 0.25) is 0 Å². The molecule has 25 heavy (non-hydrogen) atoms. The van der Waals surface area contributed by atoms with E-state index in [1.54, 1.807) is 30.3 Å². The van der Waals surface area contributed by atoms with Gasteiger partial charge in [0.25, 0.3) is 5.91 Å². The Balaban J connectivity index is 1.73. The Kier molecular flexibility index (Phi) is 4.92. The highest BCUT2D eigenvalue weighted by atomic mass is 19.1. The maximum absolute atomic E-state index is 13.3. The normalized spacial score (nSPS) is 9.84. The number of rotatable bonds is 2. The van der Waals surface area contributed by atoms with Gasteiger partial charge >= 0.3 is 0 Å².